The van der Waals surface area contributed by atoms with E-state index in [9.17, 15) is 28.2 Å². The number of benzene rings is 2. The van der Waals surface area contributed by atoms with Gasteiger partial charge in [-0.05, 0) is 47.2 Å². The molecule has 0 aliphatic rings. The predicted octanol–water partition coefficient (Wildman–Crippen LogP) is 4.63. The fourth-order valence-corrected chi connectivity index (χ4v) is 3.28. The number of aromatic hydroxyl groups is 1. The zero-order valence-corrected chi connectivity index (χ0v) is 16.9. The Labute approximate surface area is 170 Å². The minimum absolute atomic E-state index is 0.00660. The Hall–Kier alpha value is -3.10. The van der Waals surface area contributed by atoms with Crippen LogP contribution in [0.25, 0.3) is 11.0 Å². The van der Waals surface area contributed by atoms with Gasteiger partial charge in [0.05, 0.1) is 5.56 Å². The minimum Gasteiger partial charge on any atom is -0.507 e. The van der Waals surface area contributed by atoms with E-state index in [0.717, 1.165) is 16.9 Å². The van der Waals surface area contributed by atoms with Crippen LogP contribution in [0.1, 0.15) is 49.1 Å². The number of carboxylic acid groups (broad SMARTS) is 1. The summed E-state index contributed by atoms with van der Waals surface area (Å²) in [5.74, 6) is -1.06. The smallest absolute Gasteiger partial charge is 0.416 e. The lowest BCUT2D eigenvalue weighted by molar-refractivity contribution is -0.141. The van der Waals surface area contributed by atoms with Gasteiger partial charge in [-0.1, -0.05) is 32.9 Å². The second kappa shape index (κ2) is 7.30. The van der Waals surface area contributed by atoms with Crippen molar-refractivity contribution in [3.63, 3.8) is 0 Å². The third-order valence-electron chi connectivity index (χ3n) is 4.88. The van der Waals surface area contributed by atoms with Gasteiger partial charge in [-0.15, -0.1) is 0 Å². The van der Waals surface area contributed by atoms with E-state index < -0.39 is 23.8 Å². The van der Waals surface area contributed by atoms with Gasteiger partial charge in [0.1, 0.15) is 16.8 Å². The lowest BCUT2D eigenvalue weighted by Gasteiger charge is -2.23. The van der Waals surface area contributed by atoms with Gasteiger partial charge in [-0.25, -0.2) is 4.79 Å². The van der Waals surface area contributed by atoms with Crippen LogP contribution in [0.4, 0.5) is 13.2 Å². The number of halogens is 3. The summed E-state index contributed by atoms with van der Waals surface area (Å²) in [6.07, 6.45) is -4.52. The maximum Gasteiger partial charge on any atom is 0.416 e. The van der Waals surface area contributed by atoms with Gasteiger partial charge >= 0.3 is 12.1 Å². The first kappa shape index (κ1) is 21.6. The highest BCUT2D eigenvalue weighted by Gasteiger charge is 2.31. The number of hydrogen-bond donors (Lipinski definition) is 2. The molecule has 0 spiro atoms. The maximum absolute atomic E-state index is 12.9. The Balaban J connectivity index is 2.02. The number of alkyl halides is 3. The number of aliphatic carboxylic acids is 1. The lowest BCUT2D eigenvalue weighted by atomic mass is 9.83. The van der Waals surface area contributed by atoms with E-state index in [1.165, 1.54) is 6.07 Å². The largest absolute Gasteiger partial charge is 0.507 e. The van der Waals surface area contributed by atoms with Gasteiger partial charge in [0, 0.05) is 6.42 Å². The molecule has 0 bridgehead atoms. The zero-order chi connectivity index (χ0) is 22.4. The van der Waals surface area contributed by atoms with Crippen LogP contribution < -0.4 is 0 Å². The molecule has 0 aliphatic carbocycles. The topological polar surface area (TPSA) is 88.2 Å². The molecule has 6 nitrogen and oxygen atoms in total. The van der Waals surface area contributed by atoms with Crippen molar-refractivity contribution in [2.45, 2.75) is 51.7 Å². The molecule has 1 atom stereocenters. The molecule has 9 heteroatoms. The van der Waals surface area contributed by atoms with E-state index in [4.69, 9.17) is 0 Å². The molecule has 30 heavy (non-hydrogen) atoms. The first-order valence-corrected chi connectivity index (χ1v) is 9.27. The van der Waals surface area contributed by atoms with E-state index in [1.54, 1.807) is 19.1 Å². The number of phenols is 1. The van der Waals surface area contributed by atoms with E-state index >= 15 is 0 Å². The Morgan fingerprint density at radius 3 is 2.30 bits per heavy atom. The second-order valence-corrected chi connectivity index (χ2v) is 8.34. The molecule has 0 amide bonds. The number of hydrogen-bond acceptors (Lipinski definition) is 4. The van der Waals surface area contributed by atoms with Crippen molar-refractivity contribution < 1.29 is 28.2 Å². The standard InChI is InChI=1S/C21H22F3N3O3/c1-11-7-12(8-14(18(11)28)20(2,3)4)9-17(19(29)30)27-25-15-6-5-13(21(22,23)24)10-16(15)26-27/h5-8,10,17,28H,9H2,1-4H3,(H,29,30). The number of carboxylic acids is 1. The first-order chi connectivity index (χ1) is 13.8. The van der Waals surface area contributed by atoms with Crippen LogP contribution in [0.15, 0.2) is 30.3 Å². The molecule has 0 radical (unpaired) electrons. The van der Waals surface area contributed by atoms with E-state index in [-0.39, 0.29) is 28.6 Å². The zero-order valence-electron chi connectivity index (χ0n) is 16.9. The molecule has 160 valence electrons. The van der Waals surface area contributed by atoms with Crippen molar-refractivity contribution >= 4 is 17.0 Å². The summed E-state index contributed by atoms with van der Waals surface area (Å²) in [4.78, 5) is 12.8. The molecule has 2 aromatic carbocycles. The van der Waals surface area contributed by atoms with Gasteiger partial charge in [0.15, 0.2) is 6.04 Å². The van der Waals surface area contributed by atoms with Crippen LogP contribution >= 0.6 is 0 Å². The van der Waals surface area contributed by atoms with Crippen LogP contribution in [0, 0.1) is 6.92 Å². The number of phenolic OH excluding ortho intramolecular Hbond substituents is 1. The van der Waals surface area contributed by atoms with Crippen molar-refractivity contribution in [1.29, 1.82) is 0 Å². The summed E-state index contributed by atoms with van der Waals surface area (Å²) in [6, 6.07) is 5.11. The Bertz CT molecular complexity index is 1110. The molecule has 2 N–H and O–H groups in total. The molecular formula is C21H22F3N3O3. The van der Waals surface area contributed by atoms with Crippen molar-refractivity contribution in [2.24, 2.45) is 0 Å². The molecule has 0 saturated carbocycles. The molecule has 0 saturated heterocycles. The average Bonchev–Trinajstić information content (AvgIpc) is 3.03. The Kier molecular flexibility index (Phi) is 5.26. The van der Waals surface area contributed by atoms with Gasteiger partial charge in [0.2, 0.25) is 0 Å². The molecular weight excluding hydrogens is 399 g/mol. The van der Waals surface area contributed by atoms with Gasteiger partial charge < -0.3 is 10.2 Å². The van der Waals surface area contributed by atoms with Crippen LogP contribution in [0.3, 0.4) is 0 Å². The number of fused-ring (bicyclic) bond motifs is 1. The Morgan fingerprint density at radius 1 is 1.10 bits per heavy atom. The molecule has 0 aliphatic heterocycles. The van der Waals surface area contributed by atoms with Gasteiger partial charge in [0.25, 0.3) is 0 Å². The number of rotatable bonds is 4. The Morgan fingerprint density at radius 2 is 1.73 bits per heavy atom. The predicted molar refractivity (Wildman–Crippen MR) is 104 cm³/mol. The fourth-order valence-electron chi connectivity index (χ4n) is 3.28. The SMILES string of the molecule is Cc1cc(CC(C(=O)O)n2nc3ccc(C(F)(F)F)cc3n2)cc(C(C)(C)C)c1O. The second-order valence-electron chi connectivity index (χ2n) is 8.34. The van der Waals surface area contributed by atoms with E-state index in [2.05, 4.69) is 10.2 Å². The van der Waals surface area contributed by atoms with Gasteiger partial charge in [-0.3, -0.25) is 0 Å². The number of aromatic nitrogens is 3. The summed E-state index contributed by atoms with van der Waals surface area (Å²) < 4.78 is 38.8. The lowest BCUT2D eigenvalue weighted by Crippen LogP contribution is -2.24. The van der Waals surface area contributed by atoms with Crippen LogP contribution in [-0.4, -0.2) is 31.2 Å². The van der Waals surface area contributed by atoms with Gasteiger partial charge in [-0.2, -0.15) is 28.2 Å². The van der Waals surface area contributed by atoms with Crippen LogP contribution in [0.2, 0.25) is 0 Å². The molecule has 1 heterocycles. The first-order valence-electron chi connectivity index (χ1n) is 9.27. The summed E-state index contributed by atoms with van der Waals surface area (Å²) in [6.45, 7) is 7.52. The summed E-state index contributed by atoms with van der Waals surface area (Å²) >= 11 is 0. The van der Waals surface area contributed by atoms with E-state index in [0.29, 0.717) is 16.7 Å². The average molecular weight is 421 g/mol. The molecule has 1 unspecified atom stereocenters. The quantitative estimate of drug-likeness (QED) is 0.641. The van der Waals surface area contributed by atoms with Crippen molar-refractivity contribution in [3.8, 4) is 5.75 Å². The highest BCUT2D eigenvalue weighted by Crippen LogP contribution is 2.35. The van der Waals surface area contributed by atoms with E-state index in [1.807, 2.05) is 20.8 Å². The maximum atomic E-state index is 12.9. The van der Waals surface area contributed by atoms with Crippen molar-refractivity contribution in [3.05, 3.63) is 52.6 Å². The third-order valence-corrected chi connectivity index (χ3v) is 4.88. The minimum atomic E-state index is -4.53. The normalized spacial score (nSPS) is 13.6. The monoisotopic (exact) mass is 421 g/mol. The molecule has 1 aromatic heterocycles. The highest BCUT2D eigenvalue weighted by molar-refractivity contribution is 5.76. The molecule has 0 fully saturated rings. The number of nitrogens with zero attached hydrogens (tertiary/aromatic N) is 3. The fraction of sp³-hybridized carbons (Fsp3) is 0.381. The highest BCUT2D eigenvalue weighted by atomic mass is 19.4. The van der Waals surface area contributed by atoms with Crippen molar-refractivity contribution in [2.75, 3.05) is 0 Å². The van der Waals surface area contributed by atoms with Crippen molar-refractivity contribution in [1.82, 2.24) is 15.0 Å². The summed E-state index contributed by atoms with van der Waals surface area (Å²) in [5.41, 5.74) is 0.832. The molecule has 3 rings (SSSR count). The number of carbonyl (C=O) groups is 1. The summed E-state index contributed by atoms with van der Waals surface area (Å²) in [5, 5.41) is 28.2. The number of aryl methyl sites for hydroxylation is 1. The third kappa shape index (κ3) is 4.24. The van der Waals surface area contributed by atoms with Crippen LogP contribution in [0.5, 0.6) is 5.75 Å². The summed E-state index contributed by atoms with van der Waals surface area (Å²) in [7, 11) is 0. The van der Waals surface area contributed by atoms with Crippen LogP contribution in [-0.2, 0) is 22.8 Å². The molecule has 3 aromatic rings.